The predicted molar refractivity (Wildman–Crippen MR) is 90.6 cm³/mol. The van der Waals surface area contributed by atoms with Crippen LogP contribution in [0.3, 0.4) is 0 Å². The molecular weight excluding hydrogens is 328 g/mol. The van der Waals surface area contributed by atoms with E-state index in [-0.39, 0.29) is 36.9 Å². The van der Waals surface area contributed by atoms with Gasteiger partial charge in [-0.1, -0.05) is 13.8 Å². The van der Waals surface area contributed by atoms with E-state index in [0.717, 1.165) is 6.42 Å². The largest absolute Gasteiger partial charge is 0.464 e. The van der Waals surface area contributed by atoms with Crippen molar-refractivity contribution in [1.29, 1.82) is 0 Å². The summed E-state index contributed by atoms with van der Waals surface area (Å²) in [6.07, 6.45) is 0.239. The number of aliphatic hydroxyl groups excluding tert-OH is 1. The first-order chi connectivity index (χ1) is 11.9. The average molecular weight is 358 g/mol. The normalized spacial score (nSPS) is 21.1. The number of rotatable bonds is 12. The summed E-state index contributed by atoms with van der Waals surface area (Å²) in [7, 11) is 0. The van der Waals surface area contributed by atoms with E-state index in [1.165, 1.54) is 0 Å². The predicted octanol–water partition coefficient (Wildman–Crippen LogP) is -0.0159. The summed E-state index contributed by atoms with van der Waals surface area (Å²) in [6, 6.07) is 0. The molecule has 4 atom stereocenters. The molecule has 1 fully saturated rings. The number of carbonyl (C=O) groups is 3. The molecule has 1 aliphatic heterocycles. The van der Waals surface area contributed by atoms with Gasteiger partial charge in [0, 0.05) is 26.1 Å². The number of hydrogen-bond acceptors (Lipinski definition) is 6. The Labute approximate surface area is 148 Å². The van der Waals surface area contributed by atoms with Gasteiger partial charge in [-0.25, -0.2) is 4.79 Å². The number of nitrogens with one attached hydrogen (secondary N) is 2. The average Bonchev–Trinajstić information content (AvgIpc) is 3.35. The van der Waals surface area contributed by atoms with Crippen LogP contribution < -0.4 is 10.6 Å². The van der Waals surface area contributed by atoms with E-state index in [4.69, 9.17) is 14.6 Å². The maximum Gasteiger partial charge on any atom is 0.338 e. The second kappa shape index (κ2) is 11.0. The van der Waals surface area contributed by atoms with E-state index >= 15 is 0 Å². The minimum absolute atomic E-state index is 0.0307. The number of hydrogen-bond donors (Lipinski definition) is 3. The number of epoxide rings is 1. The molecule has 1 heterocycles. The molecule has 1 aliphatic rings. The maximum absolute atomic E-state index is 11.8. The maximum atomic E-state index is 11.8. The molecule has 1 rings (SSSR count). The van der Waals surface area contributed by atoms with E-state index in [1.807, 2.05) is 13.8 Å². The Morgan fingerprint density at radius 2 is 1.72 bits per heavy atom. The van der Waals surface area contributed by atoms with Gasteiger partial charge < -0.3 is 25.2 Å². The Balaban J connectivity index is 2.10. The highest BCUT2D eigenvalue weighted by Gasteiger charge is 2.51. The first-order valence-corrected chi connectivity index (χ1v) is 8.86. The van der Waals surface area contributed by atoms with Crippen LogP contribution in [0.5, 0.6) is 0 Å². The van der Waals surface area contributed by atoms with Crippen molar-refractivity contribution >= 4 is 17.8 Å². The summed E-state index contributed by atoms with van der Waals surface area (Å²) in [4.78, 5) is 35.0. The molecule has 0 aromatic carbocycles. The first kappa shape index (κ1) is 21.4. The molecule has 2 amide bonds. The van der Waals surface area contributed by atoms with Crippen LogP contribution in [0.2, 0.25) is 0 Å². The van der Waals surface area contributed by atoms with Crippen LogP contribution in [0.15, 0.2) is 0 Å². The Hall–Kier alpha value is -1.67. The van der Waals surface area contributed by atoms with Crippen molar-refractivity contribution in [3.05, 3.63) is 0 Å². The molecule has 8 heteroatoms. The summed E-state index contributed by atoms with van der Waals surface area (Å²) < 4.78 is 9.80. The topological polar surface area (TPSA) is 117 Å². The van der Waals surface area contributed by atoms with Crippen LogP contribution in [0.1, 0.15) is 40.0 Å². The van der Waals surface area contributed by atoms with Crippen LogP contribution >= 0.6 is 0 Å². The highest BCUT2D eigenvalue weighted by Crippen LogP contribution is 2.23. The molecule has 0 spiro atoms. The lowest BCUT2D eigenvalue weighted by atomic mass is 10.0. The number of amides is 2. The Kier molecular flexibility index (Phi) is 9.44. The fourth-order valence-corrected chi connectivity index (χ4v) is 2.30. The lowest BCUT2D eigenvalue weighted by Gasteiger charge is -2.13. The molecule has 3 N–H and O–H groups in total. The van der Waals surface area contributed by atoms with E-state index in [9.17, 15) is 14.4 Å². The third-order valence-corrected chi connectivity index (χ3v) is 4.01. The zero-order valence-corrected chi connectivity index (χ0v) is 15.2. The van der Waals surface area contributed by atoms with Gasteiger partial charge >= 0.3 is 5.97 Å². The second-order valence-corrected chi connectivity index (χ2v) is 6.54. The van der Waals surface area contributed by atoms with Crippen molar-refractivity contribution in [1.82, 2.24) is 10.6 Å². The van der Waals surface area contributed by atoms with Crippen LogP contribution in [0, 0.1) is 11.8 Å². The standard InChI is InChI=1S/C17H30N2O6/c1-4-24-17(23)15-14(25-15)16(22)19-8-5-11(2)9-13(21)18-7-6-12(3)10-20/h11-12,14-15,20H,4-10H2,1-3H3,(H,18,21)(H,19,22). The van der Waals surface area contributed by atoms with E-state index in [2.05, 4.69) is 10.6 Å². The molecule has 0 aromatic heterocycles. The van der Waals surface area contributed by atoms with Crippen molar-refractivity contribution in [2.75, 3.05) is 26.3 Å². The molecule has 144 valence electrons. The van der Waals surface area contributed by atoms with Crippen molar-refractivity contribution in [2.24, 2.45) is 11.8 Å². The molecule has 4 unspecified atom stereocenters. The van der Waals surface area contributed by atoms with Crippen LogP contribution in [0.25, 0.3) is 0 Å². The molecule has 0 bridgehead atoms. The van der Waals surface area contributed by atoms with Crippen molar-refractivity contribution in [3.63, 3.8) is 0 Å². The molecule has 0 aromatic rings. The monoisotopic (exact) mass is 358 g/mol. The van der Waals surface area contributed by atoms with Gasteiger partial charge in [0.05, 0.1) is 6.61 Å². The van der Waals surface area contributed by atoms with Gasteiger partial charge in [-0.15, -0.1) is 0 Å². The molecule has 0 radical (unpaired) electrons. The molecule has 1 saturated heterocycles. The zero-order valence-electron chi connectivity index (χ0n) is 15.2. The third-order valence-electron chi connectivity index (χ3n) is 4.01. The fourth-order valence-electron chi connectivity index (χ4n) is 2.30. The van der Waals surface area contributed by atoms with Gasteiger partial charge in [-0.2, -0.15) is 0 Å². The van der Waals surface area contributed by atoms with Crippen LogP contribution in [-0.2, 0) is 23.9 Å². The van der Waals surface area contributed by atoms with E-state index in [0.29, 0.717) is 25.9 Å². The summed E-state index contributed by atoms with van der Waals surface area (Å²) in [5.74, 6) is -0.569. The summed E-state index contributed by atoms with van der Waals surface area (Å²) in [5, 5.41) is 14.5. The highest BCUT2D eigenvalue weighted by atomic mass is 16.6. The molecule has 25 heavy (non-hydrogen) atoms. The van der Waals surface area contributed by atoms with Crippen molar-refractivity contribution in [2.45, 2.75) is 52.2 Å². The number of esters is 1. The van der Waals surface area contributed by atoms with Crippen molar-refractivity contribution in [3.8, 4) is 0 Å². The number of carbonyl (C=O) groups excluding carboxylic acids is 3. The Bertz CT molecular complexity index is 456. The minimum Gasteiger partial charge on any atom is -0.464 e. The smallest absolute Gasteiger partial charge is 0.338 e. The molecular formula is C17H30N2O6. The quantitative estimate of drug-likeness (QED) is 0.333. The SMILES string of the molecule is CCOC(=O)C1OC1C(=O)NCCC(C)CC(=O)NCCC(C)CO. The summed E-state index contributed by atoms with van der Waals surface area (Å²) in [6.45, 7) is 6.91. The first-order valence-electron chi connectivity index (χ1n) is 8.86. The van der Waals surface area contributed by atoms with Crippen LogP contribution in [-0.4, -0.2) is 61.4 Å². The fraction of sp³-hybridized carbons (Fsp3) is 0.824. The Morgan fingerprint density at radius 1 is 1.08 bits per heavy atom. The van der Waals surface area contributed by atoms with E-state index in [1.54, 1.807) is 6.92 Å². The van der Waals surface area contributed by atoms with Gasteiger partial charge in [0.25, 0.3) is 5.91 Å². The van der Waals surface area contributed by atoms with Gasteiger partial charge in [0.2, 0.25) is 5.91 Å². The number of ether oxygens (including phenoxy) is 2. The summed E-state index contributed by atoms with van der Waals surface area (Å²) in [5.41, 5.74) is 0. The lowest BCUT2D eigenvalue weighted by Crippen LogP contribution is -2.33. The zero-order chi connectivity index (χ0) is 18.8. The van der Waals surface area contributed by atoms with Gasteiger partial charge in [0.15, 0.2) is 12.2 Å². The van der Waals surface area contributed by atoms with Gasteiger partial charge in [-0.05, 0) is 31.6 Å². The van der Waals surface area contributed by atoms with Gasteiger partial charge in [0.1, 0.15) is 0 Å². The highest BCUT2D eigenvalue weighted by molar-refractivity contribution is 5.92. The Morgan fingerprint density at radius 3 is 2.36 bits per heavy atom. The van der Waals surface area contributed by atoms with Crippen LogP contribution in [0.4, 0.5) is 0 Å². The second-order valence-electron chi connectivity index (χ2n) is 6.54. The summed E-state index contributed by atoms with van der Waals surface area (Å²) >= 11 is 0. The van der Waals surface area contributed by atoms with Crippen molar-refractivity contribution < 1.29 is 29.0 Å². The van der Waals surface area contributed by atoms with E-state index < -0.39 is 18.2 Å². The molecule has 0 aliphatic carbocycles. The molecule has 0 saturated carbocycles. The number of aliphatic hydroxyl groups is 1. The third kappa shape index (κ3) is 8.31. The lowest BCUT2D eigenvalue weighted by molar-refractivity contribution is -0.144. The molecule has 8 nitrogen and oxygen atoms in total. The minimum atomic E-state index is -0.788. The van der Waals surface area contributed by atoms with Gasteiger partial charge in [-0.3, -0.25) is 9.59 Å².